The van der Waals surface area contributed by atoms with Crippen LogP contribution in [-0.4, -0.2) is 5.78 Å². The average molecular weight is 222 g/mol. The largest absolute Gasteiger partial charge is 0.299 e. The van der Waals surface area contributed by atoms with Gasteiger partial charge in [0.15, 0.2) is 0 Å². The Morgan fingerprint density at radius 2 is 1.81 bits per heavy atom. The third-order valence-corrected chi connectivity index (χ3v) is 3.80. The van der Waals surface area contributed by atoms with Gasteiger partial charge in [0.2, 0.25) is 0 Å². The van der Waals surface area contributed by atoms with E-state index in [1.807, 2.05) is 13.8 Å². The minimum Gasteiger partial charge on any atom is -0.299 e. The second-order valence-corrected chi connectivity index (χ2v) is 5.99. The SMILES string of the molecule is CC(C)=CCC1(CC(=O)C(C)C)CCCC1. The summed E-state index contributed by atoms with van der Waals surface area (Å²) >= 11 is 0. The van der Waals surface area contributed by atoms with Gasteiger partial charge in [-0.3, -0.25) is 4.79 Å². The molecule has 1 rings (SSSR count). The van der Waals surface area contributed by atoms with E-state index >= 15 is 0 Å². The fourth-order valence-electron chi connectivity index (χ4n) is 2.57. The molecule has 0 aliphatic heterocycles. The van der Waals surface area contributed by atoms with E-state index in [-0.39, 0.29) is 5.92 Å². The Morgan fingerprint density at radius 1 is 1.25 bits per heavy atom. The highest BCUT2D eigenvalue weighted by Crippen LogP contribution is 2.45. The number of ketones is 1. The molecule has 0 aromatic rings. The molecule has 1 fully saturated rings. The van der Waals surface area contributed by atoms with Crippen molar-refractivity contribution in [2.75, 3.05) is 0 Å². The third-order valence-electron chi connectivity index (χ3n) is 3.80. The zero-order valence-electron chi connectivity index (χ0n) is 11.3. The lowest BCUT2D eigenvalue weighted by atomic mass is 9.76. The van der Waals surface area contributed by atoms with Crippen LogP contribution >= 0.6 is 0 Å². The van der Waals surface area contributed by atoms with Gasteiger partial charge in [0.25, 0.3) is 0 Å². The molecule has 0 aromatic heterocycles. The first-order valence-corrected chi connectivity index (χ1v) is 6.61. The second-order valence-electron chi connectivity index (χ2n) is 5.99. The number of hydrogen-bond donors (Lipinski definition) is 0. The van der Waals surface area contributed by atoms with E-state index in [4.69, 9.17) is 0 Å². The zero-order chi connectivity index (χ0) is 12.2. The van der Waals surface area contributed by atoms with Crippen molar-refractivity contribution in [1.29, 1.82) is 0 Å². The van der Waals surface area contributed by atoms with Crippen LogP contribution in [0.3, 0.4) is 0 Å². The Kier molecular flexibility index (Phi) is 4.76. The van der Waals surface area contributed by atoms with Crippen molar-refractivity contribution in [3.8, 4) is 0 Å². The molecule has 0 N–H and O–H groups in total. The van der Waals surface area contributed by atoms with Gasteiger partial charge in [0.1, 0.15) is 5.78 Å². The number of rotatable bonds is 5. The van der Waals surface area contributed by atoms with Crippen molar-refractivity contribution in [3.05, 3.63) is 11.6 Å². The smallest absolute Gasteiger partial charge is 0.135 e. The number of carbonyl (C=O) groups is 1. The van der Waals surface area contributed by atoms with Crippen LogP contribution < -0.4 is 0 Å². The molecule has 0 unspecified atom stereocenters. The van der Waals surface area contributed by atoms with Gasteiger partial charge < -0.3 is 0 Å². The van der Waals surface area contributed by atoms with Gasteiger partial charge in [0, 0.05) is 12.3 Å². The van der Waals surface area contributed by atoms with E-state index in [1.54, 1.807) is 0 Å². The van der Waals surface area contributed by atoms with Crippen LogP contribution in [0, 0.1) is 11.3 Å². The maximum Gasteiger partial charge on any atom is 0.135 e. The van der Waals surface area contributed by atoms with E-state index in [1.165, 1.54) is 31.3 Å². The first-order valence-electron chi connectivity index (χ1n) is 6.61. The first-order chi connectivity index (χ1) is 7.45. The summed E-state index contributed by atoms with van der Waals surface area (Å²) in [7, 11) is 0. The van der Waals surface area contributed by atoms with Crippen LogP contribution in [0.5, 0.6) is 0 Å². The van der Waals surface area contributed by atoms with Crippen molar-refractivity contribution in [2.45, 2.75) is 66.2 Å². The molecule has 1 heteroatoms. The monoisotopic (exact) mass is 222 g/mol. The zero-order valence-corrected chi connectivity index (χ0v) is 11.3. The molecule has 1 aliphatic carbocycles. The Hall–Kier alpha value is -0.590. The molecule has 16 heavy (non-hydrogen) atoms. The Balaban J connectivity index is 2.65. The van der Waals surface area contributed by atoms with Crippen LogP contribution in [-0.2, 0) is 4.79 Å². The highest BCUT2D eigenvalue weighted by Gasteiger charge is 2.35. The number of carbonyl (C=O) groups excluding carboxylic acids is 1. The quantitative estimate of drug-likeness (QED) is 0.625. The van der Waals surface area contributed by atoms with Gasteiger partial charge in [0.05, 0.1) is 0 Å². The van der Waals surface area contributed by atoms with Crippen molar-refractivity contribution >= 4 is 5.78 Å². The molecule has 92 valence electrons. The molecule has 0 saturated heterocycles. The van der Waals surface area contributed by atoms with Gasteiger partial charge in [-0.15, -0.1) is 0 Å². The number of allylic oxidation sites excluding steroid dienone is 2. The lowest BCUT2D eigenvalue weighted by Gasteiger charge is -2.28. The lowest BCUT2D eigenvalue weighted by Crippen LogP contribution is -2.23. The summed E-state index contributed by atoms with van der Waals surface area (Å²) in [5, 5.41) is 0. The van der Waals surface area contributed by atoms with Gasteiger partial charge >= 0.3 is 0 Å². The van der Waals surface area contributed by atoms with Crippen LogP contribution in [0.1, 0.15) is 66.2 Å². The summed E-state index contributed by atoms with van der Waals surface area (Å²) in [5.41, 5.74) is 1.68. The molecule has 0 radical (unpaired) electrons. The molecule has 1 nitrogen and oxygen atoms in total. The fourth-order valence-corrected chi connectivity index (χ4v) is 2.57. The Labute approximate surface area is 100 Å². The van der Waals surface area contributed by atoms with Crippen molar-refractivity contribution < 1.29 is 4.79 Å². The predicted molar refractivity (Wildman–Crippen MR) is 69.4 cm³/mol. The maximum absolute atomic E-state index is 11.9. The highest BCUT2D eigenvalue weighted by atomic mass is 16.1. The number of hydrogen-bond acceptors (Lipinski definition) is 1. The van der Waals surface area contributed by atoms with E-state index in [9.17, 15) is 4.79 Å². The van der Waals surface area contributed by atoms with E-state index in [0.29, 0.717) is 11.2 Å². The molecule has 1 saturated carbocycles. The van der Waals surface area contributed by atoms with Crippen LogP contribution in [0.2, 0.25) is 0 Å². The first kappa shape index (κ1) is 13.5. The summed E-state index contributed by atoms with van der Waals surface area (Å²) in [6.07, 6.45) is 9.33. The summed E-state index contributed by atoms with van der Waals surface area (Å²) in [6.45, 7) is 8.33. The average Bonchev–Trinajstić information content (AvgIpc) is 2.64. The molecule has 0 atom stereocenters. The van der Waals surface area contributed by atoms with E-state index < -0.39 is 0 Å². The summed E-state index contributed by atoms with van der Waals surface area (Å²) < 4.78 is 0. The van der Waals surface area contributed by atoms with Crippen LogP contribution in [0.4, 0.5) is 0 Å². The summed E-state index contributed by atoms with van der Waals surface area (Å²) in [4.78, 5) is 11.9. The van der Waals surface area contributed by atoms with Crippen molar-refractivity contribution in [2.24, 2.45) is 11.3 Å². The highest BCUT2D eigenvalue weighted by molar-refractivity contribution is 5.81. The summed E-state index contributed by atoms with van der Waals surface area (Å²) in [6, 6.07) is 0. The van der Waals surface area contributed by atoms with Crippen LogP contribution in [0.15, 0.2) is 11.6 Å². The van der Waals surface area contributed by atoms with Gasteiger partial charge in [-0.25, -0.2) is 0 Å². The lowest BCUT2D eigenvalue weighted by molar-refractivity contribution is -0.124. The molecular weight excluding hydrogens is 196 g/mol. The number of Topliss-reactive ketones (excluding diaryl/α,β-unsaturated/α-hetero) is 1. The maximum atomic E-state index is 11.9. The van der Waals surface area contributed by atoms with E-state index in [2.05, 4.69) is 19.9 Å². The van der Waals surface area contributed by atoms with Crippen LogP contribution in [0.25, 0.3) is 0 Å². The van der Waals surface area contributed by atoms with Gasteiger partial charge in [-0.05, 0) is 38.5 Å². The molecule has 0 spiro atoms. The minimum atomic E-state index is 0.198. The summed E-state index contributed by atoms with van der Waals surface area (Å²) in [5.74, 6) is 0.647. The molecule has 0 amide bonds. The van der Waals surface area contributed by atoms with Gasteiger partial charge in [-0.2, -0.15) is 0 Å². The molecule has 0 heterocycles. The standard InChI is InChI=1S/C15H26O/c1-12(2)7-10-15(8-5-6-9-15)11-14(16)13(3)4/h7,13H,5-6,8-11H2,1-4H3. The normalized spacial score (nSPS) is 18.8. The molecule has 0 bridgehead atoms. The Bertz CT molecular complexity index is 263. The van der Waals surface area contributed by atoms with Crippen molar-refractivity contribution in [3.63, 3.8) is 0 Å². The fraction of sp³-hybridized carbons (Fsp3) is 0.800. The second kappa shape index (κ2) is 5.65. The predicted octanol–water partition coefficient (Wildman–Crippen LogP) is 4.52. The van der Waals surface area contributed by atoms with Crippen molar-refractivity contribution in [1.82, 2.24) is 0 Å². The molecular formula is C15H26O. The molecule has 1 aliphatic rings. The Morgan fingerprint density at radius 3 is 2.25 bits per heavy atom. The topological polar surface area (TPSA) is 17.1 Å². The molecule has 0 aromatic carbocycles. The van der Waals surface area contributed by atoms with E-state index in [0.717, 1.165) is 12.8 Å². The third kappa shape index (κ3) is 3.77. The minimum absolute atomic E-state index is 0.198. The van der Waals surface area contributed by atoms with Gasteiger partial charge in [-0.1, -0.05) is 38.3 Å².